The van der Waals surface area contributed by atoms with E-state index in [0.717, 1.165) is 18.5 Å². The zero-order chi connectivity index (χ0) is 13.5. The molecule has 0 unspecified atom stereocenters. The number of para-hydroxylation sites is 1. The summed E-state index contributed by atoms with van der Waals surface area (Å²) in [6, 6.07) is 18.8. The second-order valence-corrected chi connectivity index (χ2v) is 5.45. The molecule has 1 aliphatic carbocycles. The van der Waals surface area contributed by atoms with E-state index in [2.05, 4.69) is 29.6 Å². The fourth-order valence-corrected chi connectivity index (χ4v) is 3.27. The van der Waals surface area contributed by atoms with Crippen LogP contribution in [-0.2, 0) is 6.42 Å². The average molecular weight is 264 g/mol. The fraction of sp³-hybridized carbons (Fsp3) is 0.235. The normalized spacial score (nSPS) is 22.7. The third kappa shape index (κ3) is 1.78. The Kier molecular flexibility index (Phi) is 2.52. The van der Waals surface area contributed by atoms with E-state index in [-0.39, 0.29) is 12.1 Å². The van der Waals surface area contributed by atoms with Crippen LogP contribution in [0.5, 0.6) is 0 Å². The van der Waals surface area contributed by atoms with Gasteiger partial charge in [0.2, 0.25) is 0 Å². The van der Waals surface area contributed by atoms with Gasteiger partial charge in [0.25, 0.3) is 0 Å². The van der Waals surface area contributed by atoms with Gasteiger partial charge in [0.05, 0.1) is 12.1 Å². The lowest BCUT2D eigenvalue weighted by molar-refractivity contribution is 0.237. The van der Waals surface area contributed by atoms with Gasteiger partial charge in [-0.25, -0.2) is 4.79 Å². The smallest absolute Gasteiger partial charge is 0.310 e. The maximum atomic E-state index is 12.4. The molecule has 100 valence electrons. The van der Waals surface area contributed by atoms with E-state index in [1.807, 2.05) is 35.2 Å². The number of benzene rings is 2. The number of urea groups is 1. The van der Waals surface area contributed by atoms with E-state index in [1.54, 1.807) is 0 Å². The SMILES string of the molecule is O=C(Nc1ccccc1)N1[C@@H]2CCc3ccccc3[C@@H]21. The topological polar surface area (TPSA) is 32.1 Å². The van der Waals surface area contributed by atoms with Crippen molar-refractivity contribution < 1.29 is 4.79 Å². The van der Waals surface area contributed by atoms with Gasteiger partial charge in [-0.15, -0.1) is 0 Å². The molecule has 1 saturated heterocycles. The minimum atomic E-state index is 0.0166. The van der Waals surface area contributed by atoms with Crippen LogP contribution in [0.3, 0.4) is 0 Å². The highest BCUT2D eigenvalue weighted by Crippen LogP contribution is 2.50. The summed E-state index contributed by atoms with van der Waals surface area (Å²) in [5.41, 5.74) is 3.57. The van der Waals surface area contributed by atoms with Gasteiger partial charge in [0.15, 0.2) is 0 Å². The van der Waals surface area contributed by atoms with Gasteiger partial charge >= 0.3 is 6.03 Å². The first kappa shape index (κ1) is 11.5. The Bertz CT molecular complexity index is 653. The number of nitrogens with zero attached hydrogens (tertiary/aromatic N) is 1. The van der Waals surface area contributed by atoms with Crippen molar-refractivity contribution in [2.45, 2.75) is 24.9 Å². The summed E-state index contributed by atoms with van der Waals surface area (Å²) in [7, 11) is 0. The minimum absolute atomic E-state index is 0.0166. The zero-order valence-electron chi connectivity index (χ0n) is 11.1. The van der Waals surface area contributed by atoms with Gasteiger partial charge in [0, 0.05) is 5.69 Å². The predicted molar refractivity (Wildman–Crippen MR) is 78.6 cm³/mol. The maximum Gasteiger partial charge on any atom is 0.322 e. The summed E-state index contributed by atoms with van der Waals surface area (Å²) in [6.07, 6.45) is 2.15. The summed E-state index contributed by atoms with van der Waals surface area (Å²) in [5, 5.41) is 2.98. The molecular formula is C17H16N2O. The summed E-state index contributed by atoms with van der Waals surface area (Å²) in [6.45, 7) is 0. The van der Waals surface area contributed by atoms with E-state index < -0.39 is 0 Å². The van der Waals surface area contributed by atoms with Crippen molar-refractivity contribution in [1.82, 2.24) is 4.90 Å². The number of hydrogen-bond donors (Lipinski definition) is 1. The van der Waals surface area contributed by atoms with Crippen LogP contribution in [0.1, 0.15) is 23.6 Å². The van der Waals surface area contributed by atoms with Crippen molar-refractivity contribution in [3.63, 3.8) is 0 Å². The number of nitrogens with one attached hydrogen (secondary N) is 1. The van der Waals surface area contributed by atoms with Crippen molar-refractivity contribution >= 4 is 11.7 Å². The molecular weight excluding hydrogens is 248 g/mol. The molecule has 1 N–H and O–H groups in total. The molecule has 0 saturated carbocycles. The Balaban J connectivity index is 1.54. The van der Waals surface area contributed by atoms with Crippen LogP contribution in [0, 0.1) is 0 Å². The Hall–Kier alpha value is -2.29. The molecule has 0 spiro atoms. The van der Waals surface area contributed by atoms with Gasteiger partial charge < -0.3 is 10.2 Å². The molecule has 3 nitrogen and oxygen atoms in total. The molecule has 20 heavy (non-hydrogen) atoms. The van der Waals surface area contributed by atoms with Crippen LogP contribution in [0.15, 0.2) is 54.6 Å². The standard InChI is InChI=1S/C17H16N2O/c20-17(18-13-7-2-1-3-8-13)19-15-11-10-12-6-4-5-9-14(12)16(15)19/h1-9,15-16H,10-11H2,(H,18,20)/t15-,16+,19?/m1/s1. The number of anilines is 1. The molecule has 0 radical (unpaired) electrons. The predicted octanol–water partition coefficient (Wildman–Crippen LogP) is 3.59. The lowest BCUT2D eigenvalue weighted by atomic mass is 9.92. The summed E-state index contributed by atoms with van der Waals surface area (Å²) >= 11 is 0. The van der Waals surface area contributed by atoms with E-state index in [9.17, 15) is 4.79 Å². The van der Waals surface area contributed by atoms with Crippen LogP contribution < -0.4 is 5.32 Å². The van der Waals surface area contributed by atoms with E-state index in [1.165, 1.54) is 11.1 Å². The van der Waals surface area contributed by atoms with E-state index >= 15 is 0 Å². The first-order valence-corrected chi connectivity index (χ1v) is 7.07. The fourth-order valence-electron chi connectivity index (χ4n) is 3.27. The van der Waals surface area contributed by atoms with Gasteiger partial charge in [-0.05, 0) is 36.1 Å². The Labute approximate surface area is 118 Å². The number of carbonyl (C=O) groups excluding carboxylic acids is 1. The molecule has 2 aliphatic rings. The average Bonchev–Trinajstić information content (AvgIpc) is 3.23. The van der Waals surface area contributed by atoms with Crippen LogP contribution in [0.2, 0.25) is 0 Å². The van der Waals surface area contributed by atoms with Crippen LogP contribution in [0.4, 0.5) is 10.5 Å². The van der Waals surface area contributed by atoms with Crippen molar-refractivity contribution in [2.75, 3.05) is 5.32 Å². The van der Waals surface area contributed by atoms with Crippen molar-refractivity contribution in [2.24, 2.45) is 0 Å². The molecule has 4 rings (SSSR count). The second kappa shape index (κ2) is 4.37. The molecule has 2 aromatic rings. The number of fused-ring (bicyclic) bond motifs is 3. The zero-order valence-corrected chi connectivity index (χ0v) is 11.1. The lowest BCUT2D eigenvalue weighted by Crippen LogP contribution is -2.20. The first-order valence-electron chi connectivity index (χ1n) is 7.07. The summed E-state index contributed by atoms with van der Waals surface area (Å²) in [4.78, 5) is 14.3. The largest absolute Gasteiger partial charge is 0.322 e. The number of aryl methyl sites for hydroxylation is 1. The lowest BCUT2D eigenvalue weighted by Gasteiger charge is -2.11. The highest BCUT2D eigenvalue weighted by molar-refractivity contribution is 5.92. The van der Waals surface area contributed by atoms with Crippen LogP contribution in [-0.4, -0.2) is 17.0 Å². The third-order valence-electron chi connectivity index (χ3n) is 4.27. The number of carbonyl (C=O) groups is 1. The maximum absolute atomic E-state index is 12.4. The van der Waals surface area contributed by atoms with Gasteiger partial charge in [-0.3, -0.25) is 0 Å². The molecule has 2 atom stereocenters. The molecule has 0 aromatic heterocycles. The molecule has 1 heterocycles. The summed E-state index contributed by atoms with van der Waals surface area (Å²) < 4.78 is 0. The number of amides is 2. The van der Waals surface area contributed by atoms with Crippen LogP contribution >= 0.6 is 0 Å². The van der Waals surface area contributed by atoms with Crippen molar-refractivity contribution in [3.05, 3.63) is 65.7 Å². The van der Waals surface area contributed by atoms with Gasteiger partial charge in [-0.2, -0.15) is 0 Å². The molecule has 3 heteroatoms. The van der Waals surface area contributed by atoms with Crippen LogP contribution in [0.25, 0.3) is 0 Å². The molecule has 2 aromatic carbocycles. The van der Waals surface area contributed by atoms with Gasteiger partial charge in [0.1, 0.15) is 0 Å². The molecule has 0 bridgehead atoms. The number of hydrogen-bond acceptors (Lipinski definition) is 1. The first-order chi connectivity index (χ1) is 9.84. The minimum Gasteiger partial charge on any atom is -0.310 e. The van der Waals surface area contributed by atoms with Gasteiger partial charge in [-0.1, -0.05) is 42.5 Å². The molecule has 2 amide bonds. The quantitative estimate of drug-likeness (QED) is 0.784. The Morgan fingerprint density at radius 1 is 1.05 bits per heavy atom. The third-order valence-corrected chi connectivity index (χ3v) is 4.27. The monoisotopic (exact) mass is 264 g/mol. The number of rotatable bonds is 1. The van der Waals surface area contributed by atoms with E-state index in [4.69, 9.17) is 0 Å². The highest BCUT2D eigenvalue weighted by Gasteiger charge is 2.53. The molecule has 1 fully saturated rings. The Morgan fingerprint density at radius 2 is 1.80 bits per heavy atom. The van der Waals surface area contributed by atoms with Crippen molar-refractivity contribution in [1.29, 1.82) is 0 Å². The summed E-state index contributed by atoms with van der Waals surface area (Å²) in [5.74, 6) is 0. The van der Waals surface area contributed by atoms with E-state index in [0.29, 0.717) is 6.04 Å². The molecule has 1 aliphatic heterocycles. The Morgan fingerprint density at radius 3 is 2.65 bits per heavy atom. The highest BCUT2D eigenvalue weighted by atomic mass is 16.2. The second-order valence-electron chi connectivity index (χ2n) is 5.45. The van der Waals surface area contributed by atoms with Crippen molar-refractivity contribution in [3.8, 4) is 0 Å².